The van der Waals surface area contributed by atoms with Gasteiger partial charge in [0.2, 0.25) is 0 Å². The number of carbonyl (C=O) groups excluding carboxylic acids is 1. The molecule has 39 heavy (non-hydrogen) atoms. The van der Waals surface area contributed by atoms with Gasteiger partial charge in [0.15, 0.2) is 0 Å². The minimum absolute atomic E-state index is 0.122. The second-order valence-electron chi connectivity index (χ2n) is 11.1. The van der Waals surface area contributed by atoms with Gasteiger partial charge in [0.25, 0.3) is 5.91 Å². The molecular weight excluding hydrogens is 489 g/mol. The van der Waals surface area contributed by atoms with E-state index in [4.69, 9.17) is 0 Å². The van der Waals surface area contributed by atoms with Crippen LogP contribution in [0.25, 0.3) is 11.1 Å². The van der Waals surface area contributed by atoms with Gasteiger partial charge in [0.1, 0.15) is 5.82 Å². The minimum atomic E-state index is -0.257. The Morgan fingerprint density at radius 3 is 2.15 bits per heavy atom. The van der Waals surface area contributed by atoms with E-state index in [1.165, 1.54) is 11.6 Å². The quantitative estimate of drug-likeness (QED) is 0.412. The fourth-order valence-electron chi connectivity index (χ4n) is 5.66. The number of nitrogens with zero attached hydrogens (tertiary/aromatic N) is 2. The first-order valence-corrected chi connectivity index (χ1v) is 14.1. The third-order valence-corrected chi connectivity index (χ3v) is 7.63. The van der Waals surface area contributed by atoms with E-state index in [0.29, 0.717) is 29.8 Å². The first-order chi connectivity index (χ1) is 18.9. The molecule has 0 aliphatic carbocycles. The predicted octanol–water partition coefficient (Wildman–Crippen LogP) is 4.01. The lowest BCUT2D eigenvalue weighted by Gasteiger charge is -2.31. The lowest BCUT2D eigenvalue weighted by molar-refractivity contribution is 0.0950. The standard InChI is InChI=1S/C32H40FN5O/c1-23-19-37(13-11-34-23)21-26-5-3-7-28(15-26)30-17-25(9-10-31(30)33)18-36-32(39)29-8-4-6-27(16-29)22-38-14-12-35-24(2)20-38/h3-10,15-17,23-24,34-35H,11-14,18-22H2,1-2H3,(H,36,39)/t23-,24?/m0/s1. The highest BCUT2D eigenvalue weighted by atomic mass is 19.1. The minimum Gasteiger partial charge on any atom is -0.348 e. The van der Waals surface area contributed by atoms with Crippen LogP contribution in [0, 0.1) is 5.82 Å². The largest absolute Gasteiger partial charge is 0.348 e. The molecule has 6 nitrogen and oxygen atoms in total. The summed E-state index contributed by atoms with van der Waals surface area (Å²) in [6.07, 6.45) is 0. The predicted molar refractivity (Wildman–Crippen MR) is 155 cm³/mol. The van der Waals surface area contributed by atoms with Crippen LogP contribution in [-0.2, 0) is 19.6 Å². The Kier molecular flexibility index (Phi) is 9.04. The van der Waals surface area contributed by atoms with Gasteiger partial charge < -0.3 is 16.0 Å². The second-order valence-corrected chi connectivity index (χ2v) is 11.1. The van der Waals surface area contributed by atoms with Crippen LogP contribution in [0.1, 0.15) is 40.9 Å². The average molecular weight is 530 g/mol. The maximum Gasteiger partial charge on any atom is 0.251 e. The number of carbonyl (C=O) groups is 1. The Hall–Kier alpha value is -3.10. The molecule has 0 saturated carbocycles. The van der Waals surface area contributed by atoms with Gasteiger partial charge in [-0.15, -0.1) is 0 Å². The van der Waals surface area contributed by atoms with Crippen molar-refractivity contribution in [1.29, 1.82) is 0 Å². The summed E-state index contributed by atoms with van der Waals surface area (Å²) >= 11 is 0. The van der Waals surface area contributed by atoms with Gasteiger partial charge in [-0.1, -0.05) is 36.4 Å². The molecule has 206 valence electrons. The zero-order valence-corrected chi connectivity index (χ0v) is 23.1. The molecule has 2 aliphatic heterocycles. The number of rotatable bonds is 8. The highest BCUT2D eigenvalue weighted by molar-refractivity contribution is 5.94. The van der Waals surface area contributed by atoms with Crippen molar-refractivity contribution in [1.82, 2.24) is 25.8 Å². The Bertz CT molecular complexity index is 1280. The van der Waals surface area contributed by atoms with Crippen LogP contribution in [0.15, 0.2) is 66.7 Å². The monoisotopic (exact) mass is 529 g/mol. The van der Waals surface area contributed by atoms with Gasteiger partial charge in [-0.2, -0.15) is 0 Å². The SMILES string of the molecule is CC1CN(Cc2cccc(C(=O)NCc3ccc(F)c(-c4cccc(CN5CCN[C@@H](C)C5)c4)c3)c2)CCN1. The molecular formula is C32H40FN5O. The highest BCUT2D eigenvalue weighted by Crippen LogP contribution is 2.26. The van der Waals surface area contributed by atoms with Crippen molar-refractivity contribution in [2.45, 2.75) is 45.6 Å². The number of hydrogen-bond donors (Lipinski definition) is 3. The number of amides is 1. The summed E-state index contributed by atoms with van der Waals surface area (Å²) in [6.45, 7) is 12.4. The van der Waals surface area contributed by atoms with E-state index in [1.54, 1.807) is 6.07 Å². The zero-order valence-electron chi connectivity index (χ0n) is 23.1. The van der Waals surface area contributed by atoms with Crippen molar-refractivity contribution >= 4 is 5.91 Å². The lowest BCUT2D eigenvalue weighted by atomic mass is 10.00. The van der Waals surface area contributed by atoms with Gasteiger partial charge >= 0.3 is 0 Å². The van der Waals surface area contributed by atoms with Crippen molar-refractivity contribution in [2.24, 2.45) is 0 Å². The molecule has 1 unspecified atom stereocenters. The Labute approximate surface area is 231 Å². The van der Waals surface area contributed by atoms with Crippen LogP contribution >= 0.6 is 0 Å². The summed E-state index contributed by atoms with van der Waals surface area (Å²) in [5.41, 5.74) is 5.24. The highest BCUT2D eigenvalue weighted by Gasteiger charge is 2.17. The summed E-state index contributed by atoms with van der Waals surface area (Å²) in [6, 6.07) is 22.0. The zero-order chi connectivity index (χ0) is 27.2. The van der Waals surface area contributed by atoms with Crippen LogP contribution < -0.4 is 16.0 Å². The number of halogens is 1. The van der Waals surface area contributed by atoms with Crippen LogP contribution in [0.2, 0.25) is 0 Å². The topological polar surface area (TPSA) is 59.6 Å². The molecule has 5 rings (SSSR count). The molecule has 2 fully saturated rings. The molecule has 0 radical (unpaired) electrons. The number of benzene rings is 3. The molecule has 0 aromatic heterocycles. The van der Waals surface area contributed by atoms with Crippen LogP contribution in [-0.4, -0.2) is 67.1 Å². The van der Waals surface area contributed by atoms with Crippen molar-refractivity contribution in [3.05, 3.63) is 94.8 Å². The maximum atomic E-state index is 14.9. The third-order valence-electron chi connectivity index (χ3n) is 7.63. The van der Waals surface area contributed by atoms with E-state index in [-0.39, 0.29) is 11.7 Å². The van der Waals surface area contributed by atoms with E-state index in [1.807, 2.05) is 36.4 Å². The van der Waals surface area contributed by atoms with E-state index in [0.717, 1.165) is 69.0 Å². The second kappa shape index (κ2) is 12.8. The first-order valence-electron chi connectivity index (χ1n) is 14.1. The smallest absolute Gasteiger partial charge is 0.251 e. The van der Waals surface area contributed by atoms with Gasteiger partial charge in [-0.05, 0) is 66.4 Å². The summed E-state index contributed by atoms with van der Waals surface area (Å²) in [5.74, 6) is -0.378. The molecule has 2 atom stereocenters. The van der Waals surface area contributed by atoms with Crippen molar-refractivity contribution in [3.8, 4) is 11.1 Å². The molecule has 3 aromatic carbocycles. The van der Waals surface area contributed by atoms with E-state index < -0.39 is 0 Å². The fraction of sp³-hybridized carbons (Fsp3) is 0.406. The third kappa shape index (κ3) is 7.51. The lowest BCUT2D eigenvalue weighted by Crippen LogP contribution is -2.48. The Balaban J connectivity index is 1.22. The molecule has 0 bridgehead atoms. The van der Waals surface area contributed by atoms with Gasteiger partial charge in [-0.25, -0.2) is 4.39 Å². The molecule has 2 saturated heterocycles. The number of hydrogen-bond acceptors (Lipinski definition) is 5. The summed E-state index contributed by atoms with van der Waals surface area (Å²) in [7, 11) is 0. The van der Waals surface area contributed by atoms with E-state index >= 15 is 0 Å². The molecule has 1 amide bonds. The van der Waals surface area contributed by atoms with Crippen LogP contribution in [0.5, 0.6) is 0 Å². The maximum absolute atomic E-state index is 14.9. The Morgan fingerprint density at radius 1 is 0.846 bits per heavy atom. The molecule has 2 aliphatic rings. The molecule has 3 aromatic rings. The van der Waals surface area contributed by atoms with Crippen LogP contribution in [0.4, 0.5) is 4.39 Å². The molecule has 0 spiro atoms. The van der Waals surface area contributed by atoms with Crippen molar-refractivity contribution in [3.63, 3.8) is 0 Å². The Morgan fingerprint density at radius 2 is 1.49 bits per heavy atom. The van der Waals surface area contributed by atoms with Crippen LogP contribution in [0.3, 0.4) is 0 Å². The van der Waals surface area contributed by atoms with Crippen molar-refractivity contribution < 1.29 is 9.18 Å². The fourth-order valence-corrected chi connectivity index (χ4v) is 5.66. The first kappa shape index (κ1) is 27.5. The average Bonchev–Trinajstić information content (AvgIpc) is 2.93. The number of nitrogens with one attached hydrogen (secondary N) is 3. The summed E-state index contributed by atoms with van der Waals surface area (Å²) in [5, 5.41) is 9.96. The van der Waals surface area contributed by atoms with E-state index in [9.17, 15) is 9.18 Å². The summed E-state index contributed by atoms with van der Waals surface area (Å²) < 4.78 is 14.9. The summed E-state index contributed by atoms with van der Waals surface area (Å²) in [4.78, 5) is 17.8. The van der Waals surface area contributed by atoms with Gasteiger partial charge in [-0.3, -0.25) is 14.6 Å². The van der Waals surface area contributed by atoms with Gasteiger partial charge in [0, 0.05) is 82.1 Å². The normalized spacial score (nSPS) is 20.6. The molecule has 7 heteroatoms. The number of piperazine rings is 2. The van der Waals surface area contributed by atoms with E-state index in [2.05, 4.69) is 57.8 Å². The van der Waals surface area contributed by atoms with Gasteiger partial charge in [0.05, 0.1) is 0 Å². The molecule has 2 heterocycles. The van der Waals surface area contributed by atoms with Crippen molar-refractivity contribution in [2.75, 3.05) is 39.3 Å². The molecule has 3 N–H and O–H groups in total.